The number of hydrogen-bond donors (Lipinski definition) is 3. The predicted octanol–water partition coefficient (Wildman–Crippen LogP) is 5.06. The molecular weight excluding hydrogens is 528 g/mol. The van der Waals surface area contributed by atoms with Gasteiger partial charge in [0.15, 0.2) is 5.11 Å². The summed E-state index contributed by atoms with van der Waals surface area (Å²) in [5.74, 6) is 0.104. The van der Waals surface area contributed by atoms with Gasteiger partial charge in [-0.25, -0.2) is 4.98 Å². The van der Waals surface area contributed by atoms with Gasteiger partial charge in [0, 0.05) is 41.0 Å². The van der Waals surface area contributed by atoms with E-state index in [9.17, 15) is 14.9 Å². The molecule has 3 N–H and O–H groups in total. The van der Waals surface area contributed by atoms with Gasteiger partial charge in [0.1, 0.15) is 11.5 Å². The van der Waals surface area contributed by atoms with Crippen LogP contribution in [0.25, 0.3) is 22.4 Å². The number of nitro benzene ring substituents is 1. The van der Waals surface area contributed by atoms with Crippen LogP contribution in [0.4, 0.5) is 17.1 Å². The monoisotopic (exact) mass is 550 g/mol. The van der Waals surface area contributed by atoms with Gasteiger partial charge in [0.05, 0.1) is 29.2 Å². The Hall–Kier alpha value is -4.06. The predicted molar refractivity (Wildman–Crippen MR) is 151 cm³/mol. The molecule has 1 amide bonds. The number of morpholine rings is 1. The summed E-state index contributed by atoms with van der Waals surface area (Å²) in [6.45, 7) is 4.00. The van der Waals surface area contributed by atoms with Crippen LogP contribution < -0.4 is 15.5 Å². The highest BCUT2D eigenvalue weighted by atomic mass is 35.5. The van der Waals surface area contributed by atoms with Gasteiger partial charge in [-0.3, -0.25) is 20.2 Å². The lowest BCUT2D eigenvalue weighted by Crippen LogP contribution is -2.37. The Morgan fingerprint density at radius 1 is 1.18 bits per heavy atom. The number of carbonyl (C=O) groups is 1. The van der Waals surface area contributed by atoms with Crippen molar-refractivity contribution in [2.24, 2.45) is 0 Å². The number of rotatable bonds is 5. The minimum absolute atomic E-state index is 0.0547. The molecule has 1 aliphatic rings. The van der Waals surface area contributed by atoms with E-state index in [2.05, 4.69) is 20.6 Å². The fourth-order valence-corrected chi connectivity index (χ4v) is 4.61. The molecule has 1 saturated heterocycles. The Bertz CT molecular complexity index is 1530. The quantitative estimate of drug-likeness (QED) is 0.179. The Morgan fingerprint density at radius 2 is 1.97 bits per heavy atom. The van der Waals surface area contributed by atoms with Gasteiger partial charge in [-0.15, -0.1) is 0 Å². The molecule has 2 heterocycles. The zero-order chi connectivity index (χ0) is 26.8. The molecule has 0 bridgehead atoms. The van der Waals surface area contributed by atoms with E-state index in [1.54, 1.807) is 18.2 Å². The van der Waals surface area contributed by atoms with Gasteiger partial charge in [-0.1, -0.05) is 23.7 Å². The Morgan fingerprint density at radius 3 is 2.74 bits per heavy atom. The Balaban J connectivity index is 1.29. The van der Waals surface area contributed by atoms with E-state index in [-0.39, 0.29) is 16.4 Å². The first-order valence-corrected chi connectivity index (χ1v) is 12.6. The SMILES string of the molecule is Cc1cc2[nH]c(-c3cccc(NC(=S)NC(=O)c4ccc(N5CCOCC5)c([N+](=O)[O-])c4)c3)nc2cc1Cl. The number of carbonyl (C=O) groups excluding carboxylic acids is 1. The van der Waals surface area contributed by atoms with Crippen LogP contribution >= 0.6 is 23.8 Å². The largest absolute Gasteiger partial charge is 0.378 e. The number of benzene rings is 3. The van der Waals surface area contributed by atoms with Crippen molar-refractivity contribution in [2.75, 3.05) is 36.5 Å². The molecule has 1 fully saturated rings. The molecule has 12 heteroatoms. The molecule has 5 rings (SSSR count). The fourth-order valence-electron chi connectivity index (χ4n) is 4.24. The maximum absolute atomic E-state index is 12.8. The zero-order valence-electron chi connectivity index (χ0n) is 20.3. The first kappa shape index (κ1) is 25.6. The minimum Gasteiger partial charge on any atom is -0.378 e. The number of amides is 1. The van der Waals surface area contributed by atoms with Crippen LogP contribution in [0.5, 0.6) is 0 Å². The molecule has 0 aliphatic carbocycles. The van der Waals surface area contributed by atoms with Gasteiger partial charge in [0.2, 0.25) is 0 Å². The lowest BCUT2D eigenvalue weighted by atomic mass is 10.1. The van der Waals surface area contributed by atoms with Gasteiger partial charge >= 0.3 is 0 Å². The van der Waals surface area contributed by atoms with Crippen LogP contribution in [0.2, 0.25) is 5.02 Å². The third-order valence-corrected chi connectivity index (χ3v) is 6.78. The summed E-state index contributed by atoms with van der Waals surface area (Å²) in [6.07, 6.45) is 0. The summed E-state index contributed by atoms with van der Waals surface area (Å²) < 4.78 is 5.32. The van der Waals surface area contributed by atoms with Crippen molar-refractivity contribution in [2.45, 2.75) is 6.92 Å². The molecule has 0 radical (unpaired) electrons. The maximum atomic E-state index is 12.8. The number of anilines is 2. The molecule has 0 spiro atoms. The summed E-state index contributed by atoms with van der Waals surface area (Å²) in [7, 11) is 0. The van der Waals surface area contributed by atoms with Crippen molar-refractivity contribution in [1.82, 2.24) is 15.3 Å². The molecule has 0 atom stereocenters. The van der Waals surface area contributed by atoms with Crippen LogP contribution in [0.3, 0.4) is 0 Å². The number of imidazole rings is 1. The maximum Gasteiger partial charge on any atom is 0.293 e. The number of aromatic amines is 1. The summed E-state index contributed by atoms with van der Waals surface area (Å²) in [5.41, 5.74) is 4.46. The molecule has 38 heavy (non-hydrogen) atoms. The van der Waals surface area contributed by atoms with Crippen LogP contribution in [-0.2, 0) is 4.74 Å². The summed E-state index contributed by atoms with van der Waals surface area (Å²) in [6, 6.07) is 15.5. The van der Waals surface area contributed by atoms with E-state index in [0.717, 1.165) is 22.2 Å². The number of H-pyrrole nitrogens is 1. The van der Waals surface area contributed by atoms with Crippen molar-refractivity contribution in [3.8, 4) is 11.4 Å². The van der Waals surface area contributed by atoms with E-state index >= 15 is 0 Å². The summed E-state index contributed by atoms with van der Waals surface area (Å²) in [4.78, 5) is 33.8. The van der Waals surface area contributed by atoms with E-state index in [4.69, 9.17) is 28.6 Å². The highest BCUT2D eigenvalue weighted by Gasteiger charge is 2.23. The summed E-state index contributed by atoms with van der Waals surface area (Å²) >= 11 is 11.6. The Labute approximate surface area is 228 Å². The van der Waals surface area contributed by atoms with E-state index < -0.39 is 10.8 Å². The molecule has 1 aromatic heterocycles. The second-order valence-corrected chi connectivity index (χ2v) is 9.57. The van der Waals surface area contributed by atoms with Crippen LogP contribution in [0, 0.1) is 17.0 Å². The third-order valence-electron chi connectivity index (χ3n) is 6.17. The smallest absolute Gasteiger partial charge is 0.293 e. The Kier molecular flexibility index (Phi) is 7.23. The molecule has 0 unspecified atom stereocenters. The number of fused-ring (bicyclic) bond motifs is 1. The zero-order valence-corrected chi connectivity index (χ0v) is 21.9. The van der Waals surface area contributed by atoms with Gasteiger partial charge < -0.3 is 19.9 Å². The van der Waals surface area contributed by atoms with Crippen LogP contribution in [0.15, 0.2) is 54.6 Å². The topological polar surface area (TPSA) is 125 Å². The number of aryl methyl sites for hydroxylation is 1. The highest BCUT2D eigenvalue weighted by molar-refractivity contribution is 7.80. The average Bonchev–Trinajstić information content (AvgIpc) is 3.31. The van der Waals surface area contributed by atoms with Gasteiger partial charge in [-0.2, -0.15) is 0 Å². The van der Waals surface area contributed by atoms with E-state index in [1.165, 1.54) is 6.07 Å². The van der Waals surface area contributed by atoms with Crippen molar-refractivity contribution >= 4 is 62.9 Å². The van der Waals surface area contributed by atoms with Crippen molar-refractivity contribution in [1.29, 1.82) is 0 Å². The third kappa shape index (κ3) is 5.44. The average molecular weight is 551 g/mol. The van der Waals surface area contributed by atoms with Crippen LogP contribution in [-0.4, -0.2) is 52.2 Å². The number of halogens is 1. The van der Waals surface area contributed by atoms with E-state index in [0.29, 0.717) is 48.5 Å². The standard InChI is InChI=1S/C26H23ClN6O4S/c1-15-11-20-21(14-19(15)27)30-24(29-20)16-3-2-4-18(12-16)28-26(38)31-25(34)17-5-6-22(23(13-17)33(35)36)32-7-9-37-10-8-32/h2-6,11-14H,7-10H2,1H3,(H,29,30)(H2,28,31,34,38). The molecule has 4 aromatic rings. The van der Waals surface area contributed by atoms with Gasteiger partial charge in [0.25, 0.3) is 11.6 Å². The fraction of sp³-hybridized carbons (Fsp3) is 0.192. The van der Waals surface area contributed by atoms with E-state index in [1.807, 2.05) is 42.2 Å². The number of hydrogen-bond acceptors (Lipinski definition) is 7. The molecular formula is C26H23ClN6O4S. The number of nitrogens with one attached hydrogen (secondary N) is 3. The lowest BCUT2D eigenvalue weighted by Gasteiger charge is -2.28. The normalized spacial score (nSPS) is 13.4. The first-order valence-electron chi connectivity index (χ1n) is 11.8. The first-order chi connectivity index (χ1) is 18.3. The van der Waals surface area contributed by atoms with Crippen molar-refractivity contribution < 1.29 is 14.5 Å². The number of nitrogens with zero attached hydrogens (tertiary/aromatic N) is 3. The number of thiocarbonyl (C=S) groups is 1. The number of nitro groups is 1. The number of ether oxygens (including phenoxy) is 1. The van der Waals surface area contributed by atoms with Gasteiger partial charge in [-0.05, 0) is 61.1 Å². The molecule has 3 aromatic carbocycles. The summed E-state index contributed by atoms with van der Waals surface area (Å²) in [5, 5.41) is 18.0. The van der Waals surface area contributed by atoms with Crippen LogP contribution in [0.1, 0.15) is 15.9 Å². The second-order valence-electron chi connectivity index (χ2n) is 8.75. The lowest BCUT2D eigenvalue weighted by molar-refractivity contribution is -0.384. The highest BCUT2D eigenvalue weighted by Crippen LogP contribution is 2.30. The number of aromatic nitrogens is 2. The molecule has 1 aliphatic heterocycles. The molecule has 10 nitrogen and oxygen atoms in total. The second kappa shape index (κ2) is 10.7. The van der Waals surface area contributed by atoms with Crippen molar-refractivity contribution in [3.63, 3.8) is 0 Å². The molecule has 194 valence electrons. The molecule has 0 saturated carbocycles. The minimum atomic E-state index is -0.556. The van der Waals surface area contributed by atoms with Crippen molar-refractivity contribution in [3.05, 3.63) is 80.9 Å².